The van der Waals surface area contributed by atoms with E-state index in [1.807, 2.05) is 0 Å². The SMILES string of the molecule is CC(=O)N[C@H]1C([C@H](O)[C@@H](CO)OC(C)=O)O[C@@](F)(C(=O)O)[C@@H](F)C1N. The first-order valence-corrected chi connectivity index (χ1v) is 7.18. The van der Waals surface area contributed by atoms with E-state index in [0.29, 0.717) is 0 Å². The molecule has 0 spiro atoms. The molecule has 7 atom stereocenters. The van der Waals surface area contributed by atoms with Gasteiger partial charge in [0.1, 0.15) is 12.2 Å². The van der Waals surface area contributed by atoms with Crippen LogP contribution in [0.25, 0.3) is 0 Å². The number of aliphatic hydroxyl groups excluding tert-OH is 2. The third-order valence-electron chi connectivity index (χ3n) is 3.65. The van der Waals surface area contributed by atoms with E-state index in [9.17, 15) is 33.4 Å². The standard InChI is InChI=1S/C13H20F2N2O8/c1-4(19)17-8-7(16)11(14)13(15,12(22)23)25-10(8)9(21)6(3-18)24-5(2)20/h6-11,18,21H,3,16H2,1-2H3,(H,17,19)(H,22,23)/t6-,7?,8-,9-,10?,11+,13-/m1/s1. The van der Waals surface area contributed by atoms with Gasteiger partial charge in [0.15, 0.2) is 12.3 Å². The van der Waals surface area contributed by atoms with Gasteiger partial charge in [-0.05, 0) is 0 Å². The van der Waals surface area contributed by atoms with Gasteiger partial charge in [-0.2, -0.15) is 4.39 Å². The summed E-state index contributed by atoms with van der Waals surface area (Å²) in [5.74, 6) is -7.90. The van der Waals surface area contributed by atoms with Crippen molar-refractivity contribution in [3.8, 4) is 0 Å². The zero-order chi connectivity index (χ0) is 19.5. The first kappa shape index (κ1) is 21.2. The van der Waals surface area contributed by atoms with Crippen molar-refractivity contribution < 1.29 is 48.0 Å². The van der Waals surface area contributed by atoms with Gasteiger partial charge in [-0.25, -0.2) is 9.18 Å². The summed E-state index contributed by atoms with van der Waals surface area (Å²) in [6, 6.07) is -3.47. The molecule has 0 aromatic heterocycles. The third kappa shape index (κ3) is 4.39. The number of carboxylic acid groups (broad SMARTS) is 1. The molecule has 1 fully saturated rings. The molecular formula is C13H20F2N2O8. The van der Waals surface area contributed by atoms with Crippen molar-refractivity contribution in [1.82, 2.24) is 5.32 Å². The highest BCUT2D eigenvalue weighted by Crippen LogP contribution is 2.35. The zero-order valence-electron chi connectivity index (χ0n) is 13.4. The summed E-state index contributed by atoms with van der Waals surface area (Å²) in [5.41, 5.74) is 5.50. The lowest BCUT2D eigenvalue weighted by Gasteiger charge is -2.46. The molecular weight excluding hydrogens is 350 g/mol. The van der Waals surface area contributed by atoms with E-state index in [1.54, 1.807) is 0 Å². The highest BCUT2D eigenvalue weighted by Gasteiger charge is 2.62. The molecule has 6 N–H and O–H groups in total. The molecule has 0 aliphatic carbocycles. The minimum absolute atomic E-state index is 0.747. The van der Waals surface area contributed by atoms with E-state index in [2.05, 4.69) is 14.8 Å². The number of carboxylic acids is 1. The van der Waals surface area contributed by atoms with Crippen LogP contribution < -0.4 is 11.1 Å². The van der Waals surface area contributed by atoms with E-state index in [4.69, 9.17) is 10.8 Å². The second-order valence-electron chi connectivity index (χ2n) is 5.56. The number of carbonyl (C=O) groups excluding carboxylic acids is 2. The highest BCUT2D eigenvalue weighted by molar-refractivity contribution is 5.77. The predicted molar refractivity (Wildman–Crippen MR) is 75.5 cm³/mol. The molecule has 144 valence electrons. The minimum Gasteiger partial charge on any atom is -0.477 e. The average Bonchev–Trinajstić information content (AvgIpc) is 2.51. The van der Waals surface area contributed by atoms with Crippen molar-refractivity contribution in [1.29, 1.82) is 0 Å². The van der Waals surface area contributed by atoms with Crippen LogP contribution in [-0.2, 0) is 23.9 Å². The summed E-state index contributed by atoms with van der Waals surface area (Å²) < 4.78 is 37.7. The Labute approximate surface area is 140 Å². The van der Waals surface area contributed by atoms with Crippen molar-refractivity contribution in [2.45, 2.75) is 56.3 Å². The van der Waals surface area contributed by atoms with Gasteiger partial charge >= 0.3 is 17.8 Å². The summed E-state index contributed by atoms with van der Waals surface area (Å²) in [7, 11) is 0. The van der Waals surface area contributed by atoms with Gasteiger partial charge < -0.3 is 35.8 Å². The molecule has 1 saturated heterocycles. The molecule has 1 rings (SSSR count). The Kier molecular flexibility index (Phi) is 6.76. The van der Waals surface area contributed by atoms with Gasteiger partial charge in [0, 0.05) is 13.8 Å². The Morgan fingerprint density at radius 1 is 1.40 bits per heavy atom. The maximum absolute atomic E-state index is 14.4. The second kappa shape index (κ2) is 7.99. The number of carbonyl (C=O) groups is 3. The van der Waals surface area contributed by atoms with E-state index in [0.717, 1.165) is 13.8 Å². The topological polar surface area (TPSA) is 168 Å². The van der Waals surface area contributed by atoms with Crippen molar-refractivity contribution >= 4 is 17.8 Å². The van der Waals surface area contributed by atoms with Crippen LogP contribution in [0.1, 0.15) is 13.8 Å². The number of amides is 1. The van der Waals surface area contributed by atoms with Gasteiger partial charge in [0.2, 0.25) is 5.91 Å². The van der Waals surface area contributed by atoms with Crippen LogP contribution in [0.2, 0.25) is 0 Å². The van der Waals surface area contributed by atoms with Crippen molar-refractivity contribution in [3.05, 3.63) is 0 Å². The lowest BCUT2D eigenvalue weighted by atomic mass is 9.86. The van der Waals surface area contributed by atoms with Crippen molar-refractivity contribution in [2.24, 2.45) is 5.73 Å². The zero-order valence-corrected chi connectivity index (χ0v) is 13.4. The fraction of sp³-hybridized carbons (Fsp3) is 0.769. The number of nitrogens with two attached hydrogens (primary N) is 1. The second-order valence-corrected chi connectivity index (χ2v) is 5.56. The lowest BCUT2D eigenvalue weighted by molar-refractivity contribution is -0.277. The molecule has 12 heteroatoms. The molecule has 1 amide bonds. The van der Waals surface area contributed by atoms with Crippen LogP contribution in [0, 0.1) is 0 Å². The number of aliphatic carboxylic acids is 1. The summed E-state index contributed by atoms with van der Waals surface area (Å²) in [4.78, 5) is 33.3. The van der Waals surface area contributed by atoms with Crippen molar-refractivity contribution in [2.75, 3.05) is 6.61 Å². The quantitative estimate of drug-likeness (QED) is 0.320. The maximum atomic E-state index is 14.4. The normalized spacial score (nSPS) is 34.7. The molecule has 1 aliphatic heterocycles. The fourth-order valence-corrected chi connectivity index (χ4v) is 2.49. The Hall–Kier alpha value is -1.89. The predicted octanol–water partition coefficient (Wildman–Crippen LogP) is -2.41. The number of halogens is 2. The van der Waals surface area contributed by atoms with E-state index < -0.39 is 66.9 Å². The summed E-state index contributed by atoms with van der Waals surface area (Å²) in [6.45, 7) is 1.05. The Balaban J connectivity index is 3.24. The van der Waals surface area contributed by atoms with Crippen LogP contribution in [0.5, 0.6) is 0 Å². The maximum Gasteiger partial charge on any atom is 0.372 e. The molecule has 25 heavy (non-hydrogen) atoms. The molecule has 0 bridgehead atoms. The number of ether oxygens (including phenoxy) is 2. The number of hydrogen-bond acceptors (Lipinski definition) is 8. The molecule has 0 saturated carbocycles. The molecule has 0 aromatic rings. The first-order chi connectivity index (χ1) is 11.5. The van der Waals surface area contributed by atoms with E-state index in [1.165, 1.54) is 0 Å². The molecule has 2 unspecified atom stereocenters. The molecule has 1 heterocycles. The third-order valence-corrected chi connectivity index (χ3v) is 3.65. The number of rotatable bonds is 6. The van der Waals surface area contributed by atoms with E-state index in [-0.39, 0.29) is 0 Å². The first-order valence-electron chi connectivity index (χ1n) is 7.18. The molecule has 0 aromatic carbocycles. The van der Waals surface area contributed by atoms with E-state index >= 15 is 0 Å². The van der Waals surface area contributed by atoms with Gasteiger partial charge in [0.25, 0.3) is 0 Å². The summed E-state index contributed by atoms with van der Waals surface area (Å²) in [6.07, 6.45) is -8.46. The van der Waals surface area contributed by atoms with Gasteiger partial charge in [-0.3, -0.25) is 9.59 Å². The van der Waals surface area contributed by atoms with Gasteiger partial charge in [-0.1, -0.05) is 0 Å². The van der Waals surface area contributed by atoms with Crippen LogP contribution in [0.4, 0.5) is 8.78 Å². The van der Waals surface area contributed by atoms with Gasteiger partial charge in [-0.15, -0.1) is 0 Å². The summed E-state index contributed by atoms with van der Waals surface area (Å²) >= 11 is 0. The number of alkyl halides is 2. The molecule has 0 radical (unpaired) electrons. The Morgan fingerprint density at radius 3 is 2.36 bits per heavy atom. The van der Waals surface area contributed by atoms with Crippen LogP contribution in [-0.4, -0.2) is 82.2 Å². The van der Waals surface area contributed by atoms with Crippen molar-refractivity contribution in [3.63, 3.8) is 0 Å². The Bertz CT molecular complexity index is 536. The Morgan fingerprint density at radius 2 is 1.96 bits per heavy atom. The smallest absolute Gasteiger partial charge is 0.372 e. The largest absolute Gasteiger partial charge is 0.477 e. The molecule has 10 nitrogen and oxygen atoms in total. The number of esters is 1. The van der Waals surface area contributed by atoms with Crippen LogP contribution in [0.15, 0.2) is 0 Å². The summed E-state index contributed by atoms with van der Waals surface area (Å²) in [5, 5.41) is 30.5. The molecule has 1 aliphatic rings. The number of aliphatic hydroxyl groups is 2. The number of hydrogen-bond donors (Lipinski definition) is 5. The lowest BCUT2D eigenvalue weighted by Crippen LogP contribution is -2.73. The minimum atomic E-state index is -3.91. The average molecular weight is 370 g/mol. The van der Waals surface area contributed by atoms with Crippen LogP contribution >= 0.6 is 0 Å². The monoisotopic (exact) mass is 370 g/mol. The van der Waals surface area contributed by atoms with Crippen LogP contribution in [0.3, 0.4) is 0 Å². The highest BCUT2D eigenvalue weighted by atomic mass is 19.2. The van der Waals surface area contributed by atoms with Gasteiger partial charge in [0.05, 0.1) is 18.7 Å². The number of nitrogens with one attached hydrogen (secondary N) is 1. The fourth-order valence-electron chi connectivity index (χ4n) is 2.49.